The van der Waals surface area contributed by atoms with Crippen molar-refractivity contribution >= 4 is 15.9 Å². The van der Waals surface area contributed by atoms with E-state index in [-0.39, 0.29) is 0 Å². The molecule has 1 saturated heterocycles. The van der Waals surface area contributed by atoms with Crippen molar-refractivity contribution in [1.29, 1.82) is 0 Å². The van der Waals surface area contributed by atoms with E-state index in [4.69, 9.17) is 0 Å². The van der Waals surface area contributed by atoms with Gasteiger partial charge in [0.1, 0.15) is 0 Å². The Labute approximate surface area is 99.8 Å². The van der Waals surface area contributed by atoms with Crippen LogP contribution in [0.2, 0.25) is 0 Å². The molecule has 1 aromatic carbocycles. The van der Waals surface area contributed by atoms with Crippen LogP contribution in [0.25, 0.3) is 0 Å². The monoisotopic (exact) mass is 268 g/mol. The Morgan fingerprint density at radius 2 is 2.07 bits per heavy atom. The Bertz CT molecular complexity index is 332. The third kappa shape index (κ3) is 3.03. The molecule has 0 aliphatic carbocycles. The van der Waals surface area contributed by atoms with Crippen molar-refractivity contribution in [2.45, 2.75) is 13.5 Å². The van der Waals surface area contributed by atoms with Crippen molar-refractivity contribution in [2.75, 3.05) is 26.2 Å². The third-order valence-electron chi connectivity index (χ3n) is 2.84. The predicted octanol–water partition coefficient (Wildman–Crippen LogP) is 2.16. The summed E-state index contributed by atoms with van der Waals surface area (Å²) in [5.74, 6) is 0. The van der Waals surface area contributed by atoms with E-state index < -0.39 is 0 Å². The molecule has 2 rings (SSSR count). The topological polar surface area (TPSA) is 15.3 Å². The molecule has 0 bridgehead atoms. The normalized spacial score (nSPS) is 18.0. The van der Waals surface area contributed by atoms with Gasteiger partial charge in [0.15, 0.2) is 0 Å². The molecule has 1 heterocycles. The fraction of sp³-hybridized carbons (Fsp3) is 0.500. The molecule has 0 radical (unpaired) electrons. The van der Waals surface area contributed by atoms with Crippen LogP contribution in [-0.2, 0) is 6.54 Å². The first kappa shape index (κ1) is 11.1. The first-order valence-corrected chi connectivity index (χ1v) is 6.23. The number of halogens is 1. The lowest BCUT2D eigenvalue weighted by atomic mass is 10.1. The van der Waals surface area contributed by atoms with Crippen molar-refractivity contribution < 1.29 is 0 Å². The van der Waals surface area contributed by atoms with E-state index in [2.05, 4.69) is 51.3 Å². The first-order valence-electron chi connectivity index (χ1n) is 5.44. The summed E-state index contributed by atoms with van der Waals surface area (Å²) in [5, 5.41) is 3.37. The van der Waals surface area contributed by atoms with E-state index in [1.807, 2.05) is 0 Å². The zero-order chi connectivity index (χ0) is 10.7. The molecule has 0 saturated carbocycles. The van der Waals surface area contributed by atoms with E-state index in [0.717, 1.165) is 32.7 Å². The van der Waals surface area contributed by atoms with Gasteiger partial charge in [0.2, 0.25) is 0 Å². The van der Waals surface area contributed by atoms with Gasteiger partial charge >= 0.3 is 0 Å². The molecule has 1 aliphatic rings. The van der Waals surface area contributed by atoms with Gasteiger partial charge in [0, 0.05) is 37.2 Å². The Balaban J connectivity index is 2.00. The maximum atomic E-state index is 3.53. The molecule has 15 heavy (non-hydrogen) atoms. The quantitative estimate of drug-likeness (QED) is 0.885. The van der Waals surface area contributed by atoms with Gasteiger partial charge in [-0.2, -0.15) is 0 Å². The average Bonchev–Trinajstić information content (AvgIpc) is 2.25. The van der Waals surface area contributed by atoms with Gasteiger partial charge in [-0.25, -0.2) is 0 Å². The number of nitrogens with zero attached hydrogens (tertiary/aromatic N) is 1. The van der Waals surface area contributed by atoms with Crippen molar-refractivity contribution in [3.63, 3.8) is 0 Å². The number of aryl methyl sites for hydroxylation is 1. The van der Waals surface area contributed by atoms with Gasteiger partial charge in [0.25, 0.3) is 0 Å². The highest BCUT2D eigenvalue weighted by molar-refractivity contribution is 9.10. The number of hydrogen-bond acceptors (Lipinski definition) is 2. The molecule has 0 aromatic heterocycles. The maximum Gasteiger partial charge on any atom is 0.0234 e. The molecule has 2 nitrogen and oxygen atoms in total. The standard InChI is InChI=1S/C12H17BrN2/c1-10-8-11(2-3-12(10)13)9-15-6-4-14-5-7-15/h2-3,8,14H,4-7,9H2,1H3. The SMILES string of the molecule is Cc1cc(CN2CCNCC2)ccc1Br. The second-order valence-corrected chi connectivity index (χ2v) is 4.96. The molecule has 0 unspecified atom stereocenters. The molecule has 0 atom stereocenters. The second kappa shape index (κ2) is 5.10. The van der Waals surface area contributed by atoms with Crippen molar-refractivity contribution in [2.24, 2.45) is 0 Å². The number of nitrogens with one attached hydrogen (secondary N) is 1. The van der Waals surface area contributed by atoms with Crippen LogP contribution in [0.15, 0.2) is 22.7 Å². The average molecular weight is 269 g/mol. The van der Waals surface area contributed by atoms with Gasteiger partial charge in [-0.1, -0.05) is 28.1 Å². The summed E-state index contributed by atoms with van der Waals surface area (Å²) in [6, 6.07) is 6.62. The van der Waals surface area contributed by atoms with Gasteiger partial charge in [0.05, 0.1) is 0 Å². The largest absolute Gasteiger partial charge is 0.314 e. The fourth-order valence-corrected chi connectivity index (χ4v) is 2.18. The summed E-state index contributed by atoms with van der Waals surface area (Å²) in [7, 11) is 0. The second-order valence-electron chi connectivity index (χ2n) is 4.11. The summed E-state index contributed by atoms with van der Waals surface area (Å²) in [5.41, 5.74) is 2.74. The Morgan fingerprint density at radius 1 is 1.33 bits per heavy atom. The summed E-state index contributed by atoms with van der Waals surface area (Å²) >= 11 is 3.53. The Morgan fingerprint density at radius 3 is 2.73 bits per heavy atom. The highest BCUT2D eigenvalue weighted by Crippen LogP contribution is 2.18. The number of hydrogen-bond donors (Lipinski definition) is 1. The lowest BCUT2D eigenvalue weighted by molar-refractivity contribution is 0.233. The van der Waals surface area contributed by atoms with Crippen molar-refractivity contribution in [1.82, 2.24) is 10.2 Å². The highest BCUT2D eigenvalue weighted by Gasteiger charge is 2.09. The third-order valence-corrected chi connectivity index (χ3v) is 3.73. The number of piperazine rings is 1. The molecule has 1 N–H and O–H groups in total. The van der Waals surface area contributed by atoms with Crippen molar-refractivity contribution in [3.8, 4) is 0 Å². The molecule has 1 aromatic rings. The van der Waals surface area contributed by atoms with Crippen LogP contribution < -0.4 is 5.32 Å². The maximum absolute atomic E-state index is 3.53. The highest BCUT2D eigenvalue weighted by atomic mass is 79.9. The van der Waals surface area contributed by atoms with Gasteiger partial charge in [-0.3, -0.25) is 4.90 Å². The molecular weight excluding hydrogens is 252 g/mol. The van der Waals surface area contributed by atoms with Crippen LogP contribution in [0.4, 0.5) is 0 Å². The van der Waals surface area contributed by atoms with Crippen LogP contribution in [0.1, 0.15) is 11.1 Å². The zero-order valence-corrected chi connectivity index (χ0v) is 10.7. The lowest BCUT2D eigenvalue weighted by Gasteiger charge is -2.27. The molecule has 1 fully saturated rings. The molecule has 0 amide bonds. The van der Waals surface area contributed by atoms with E-state index in [0.29, 0.717) is 0 Å². The first-order chi connectivity index (χ1) is 7.25. The molecule has 0 spiro atoms. The molecule has 3 heteroatoms. The van der Waals surface area contributed by atoms with Crippen molar-refractivity contribution in [3.05, 3.63) is 33.8 Å². The minimum atomic E-state index is 1.08. The molecule has 1 aliphatic heterocycles. The number of benzene rings is 1. The summed E-state index contributed by atoms with van der Waals surface area (Å²) < 4.78 is 1.20. The van der Waals surface area contributed by atoms with Gasteiger partial charge in [-0.15, -0.1) is 0 Å². The Kier molecular flexibility index (Phi) is 3.78. The predicted molar refractivity (Wildman–Crippen MR) is 67.0 cm³/mol. The fourth-order valence-electron chi connectivity index (χ4n) is 1.93. The molecule has 82 valence electrons. The van der Waals surface area contributed by atoms with Gasteiger partial charge in [-0.05, 0) is 24.1 Å². The van der Waals surface area contributed by atoms with E-state index in [1.54, 1.807) is 0 Å². The van der Waals surface area contributed by atoms with E-state index in [9.17, 15) is 0 Å². The van der Waals surface area contributed by atoms with E-state index in [1.165, 1.54) is 15.6 Å². The summed E-state index contributed by atoms with van der Waals surface area (Å²) in [6.07, 6.45) is 0. The summed E-state index contributed by atoms with van der Waals surface area (Å²) in [4.78, 5) is 2.50. The minimum absolute atomic E-state index is 1.08. The number of rotatable bonds is 2. The summed E-state index contributed by atoms with van der Waals surface area (Å²) in [6.45, 7) is 7.79. The molecular formula is C12H17BrN2. The van der Waals surface area contributed by atoms with E-state index >= 15 is 0 Å². The smallest absolute Gasteiger partial charge is 0.0234 e. The van der Waals surface area contributed by atoms with Crippen LogP contribution >= 0.6 is 15.9 Å². The van der Waals surface area contributed by atoms with Crippen LogP contribution in [0.3, 0.4) is 0 Å². The van der Waals surface area contributed by atoms with Gasteiger partial charge < -0.3 is 5.32 Å². The van der Waals surface area contributed by atoms with Crippen LogP contribution in [-0.4, -0.2) is 31.1 Å². The zero-order valence-electron chi connectivity index (χ0n) is 9.09. The Hall–Kier alpha value is -0.380. The lowest BCUT2D eigenvalue weighted by Crippen LogP contribution is -2.42. The van der Waals surface area contributed by atoms with Crippen LogP contribution in [0.5, 0.6) is 0 Å². The minimum Gasteiger partial charge on any atom is -0.314 e. The van der Waals surface area contributed by atoms with Crippen LogP contribution in [0, 0.1) is 6.92 Å².